The molecule has 0 spiro atoms. The van der Waals surface area contributed by atoms with E-state index in [1.54, 1.807) is 0 Å². The minimum Gasteiger partial charge on any atom is -0.481 e. The maximum Gasteiger partial charge on any atom is 0.307 e. The van der Waals surface area contributed by atoms with Gasteiger partial charge in [-0.15, -0.1) is 0 Å². The van der Waals surface area contributed by atoms with Crippen LogP contribution in [0.3, 0.4) is 0 Å². The molecule has 88 valence electrons. The molecular formula is C14H15NO2. The van der Waals surface area contributed by atoms with Crippen LogP contribution in [-0.4, -0.2) is 15.6 Å². The fraction of sp³-hybridized carbons (Fsp3) is 0.214. The van der Waals surface area contributed by atoms with Gasteiger partial charge in [0.15, 0.2) is 0 Å². The van der Waals surface area contributed by atoms with E-state index in [1.165, 1.54) is 0 Å². The second-order valence-corrected chi connectivity index (χ2v) is 4.33. The number of benzene rings is 1. The number of aliphatic carboxylic acids is 1. The number of hydrogen-bond donors (Lipinski definition) is 1. The molecule has 0 aliphatic heterocycles. The van der Waals surface area contributed by atoms with Gasteiger partial charge in [0, 0.05) is 23.6 Å². The second kappa shape index (κ2) is 4.45. The van der Waals surface area contributed by atoms with Gasteiger partial charge in [-0.1, -0.05) is 30.4 Å². The summed E-state index contributed by atoms with van der Waals surface area (Å²) in [5.74, 6) is -0.803. The molecular weight excluding hydrogens is 214 g/mol. The first kappa shape index (κ1) is 11.5. The number of allylic oxidation sites excluding steroid dienone is 1. The smallest absolute Gasteiger partial charge is 0.307 e. The minimum atomic E-state index is -0.803. The molecule has 2 aromatic rings. The SMILES string of the molecule is C=C(C)Cn1cc(CC(=O)O)c2ccccc21. The standard InChI is InChI=1S/C14H15NO2/c1-10(2)8-15-9-11(7-14(16)17)12-5-3-4-6-13(12)15/h3-6,9H,1,7-8H2,2H3,(H,16,17). The van der Waals surface area contributed by atoms with Crippen LogP contribution in [0.25, 0.3) is 10.9 Å². The van der Waals surface area contributed by atoms with Crippen LogP contribution in [0.5, 0.6) is 0 Å². The van der Waals surface area contributed by atoms with Crippen molar-refractivity contribution in [2.45, 2.75) is 19.9 Å². The number of carbonyl (C=O) groups is 1. The predicted molar refractivity (Wildman–Crippen MR) is 68.1 cm³/mol. The van der Waals surface area contributed by atoms with Crippen molar-refractivity contribution in [3.8, 4) is 0 Å². The van der Waals surface area contributed by atoms with Gasteiger partial charge in [0.1, 0.15) is 0 Å². The lowest BCUT2D eigenvalue weighted by Crippen LogP contribution is -1.99. The third-order valence-corrected chi connectivity index (χ3v) is 2.65. The fourth-order valence-electron chi connectivity index (χ4n) is 2.05. The van der Waals surface area contributed by atoms with Crippen LogP contribution in [-0.2, 0) is 17.8 Å². The van der Waals surface area contributed by atoms with E-state index in [9.17, 15) is 4.79 Å². The van der Waals surface area contributed by atoms with Crippen molar-refractivity contribution < 1.29 is 9.90 Å². The molecule has 17 heavy (non-hydrogen) atoms. The highest BCUT2D eigenvalue weighted by atomic mass is 16.4. The molecule has 0 fully saturated rings. The summed E-state index contributed by atoms with van der Waals surface area (Å²) in [6, 6.07) is 7.85. The molecule has 1 heterocycles. The van der Waals surface area contributed by atoms with Gasteiger partial charge in [0.25, 0.3) is 0 Å². The van der Waals surface area contributed by atoms with Crippen LogP contribution in [0.4, 0.5) is 0 Å². The number of nitrogens with zero attached hydrogens (tertiary/aromatic N) is 1. The summed E-state index contributed by atoms with van der Waals surface area (Å²) in [7, 11) is 0. The highest BCUT2D eigenvalue weighted by Gasteiger charge is 2.10. The molecule has 0 saturated carbocycles. The molecule has 1 N–H and O–H groups in total. The van der Waals surface area contributed by atoms with Gasteiger partial charge in [-0.25, -0.2) is 0 Å². The van der Waals surface area contributed by atoms with Crippen molar-refractivity contribution in [1.29, 1.82) is 0 Å². The minimum absolute atomic E-state index is 0.0592. The van der Waals surface area contributed by atoms with E-state index in [-0.39, 0.29) is 6.42 Å². The molecule has 3 nitrogen and oxygen atoms in total. The number of carboxylic acids is 1. The maximum atomic E-state index is 10.8. The predicted octanol–water partition coefficient (Wildman–Crippen LogP) is 2.84. The molecule has 0 bridgehead atoms. The monoisotopic (exact) mass is 229 g/mol. The quantitative estimate of drug-likeness (QED) is 0.819. The summed E-state index contributed by atoms with van der Waals surface area (Å²) in [4.78, 5) is 10.8. The normalized spacial score (nSPS) is 10.6. The maximum absolute atomic E-state index is 10.8. The van der Waals surface area contributed by atoms with Gasteiger partial charge >= 0.3 is 5.97 Å². The van der Waals surface area contributed by atoms with E-state index < -0.39 is 5.97 Å². The molecule has 0 saturated heterocycles. The van der Waals surface area contributed by atoms with E-state index >= 15 is 0 Å². The van der Waals surface area contributed by atoms with Crippen molar-refractivity contribution in [2.75, 3.05) is 0 Å². The third kappa shape index (κ3) is 2.38. The van der Waals surface area contributed by atoms with Gasteiger partial charge in [0.2, 0.25) is 0 Å². The molecule has 0 atom stereocenters. The summed E-state index contributed by atoms with van der Waals surface area (Å²) >= 11 is 0. The molecule has 0 aliphatic rings. The highest BCUT2D eigenvalue weighted by molar-refractivity contribution is 5.87. The van der Waals surface area contributed by atoms with Crippen LogP contribution in [0.1, 0.15) is 12.5 Å². The largest absolute Gasteiger partial charge is 0.481 e. The average molecular weight is 229 g/mol. The molecule has 1 aromatic carbocycles. The lowest BCUT2D eigenvalue weighted by Gasteiger charge is -2.03. The number of hydrogen-bond acceptors (Lipinski definition) is 1. The fourth-order valence-corrected chi connectivity index (χ4v) is 2.05. The molecule has 3 heteroatoms. The average Bonchev–Trinajstić information content (AvgIpc) is 2.56. The first-order valence-corrected chi connectivity index (χ1v) is 5.51. The van der Waals surface area contributed by atoms with Crippen LogP contribution in [0, 0.1) is 0 Å². The Morgan fingerprint density at radius 3 is 2.76 bits per heavy atom. The van der Waals surface area contributed by atoms with Crippen molar-refractivity contribution in [3.63, 3.8) is 0 Å². The van der Waals surface area contributed by atoms with E-state index in [0.717, 1.165) is 28.6 Å². The van der Waals surface area contributed by atoms with Crippen LogP contribution < -0.4 is 0 Å². The van der Waals surface area contributed by atoms with Crippen molar-refractivity contribution in [2.24, 2.45) is 0 Å². The number of rotatable bonds is 4. The van der Waals surface area contributed by atoms with Crippen molar-refractivity contribution in [1.82, 2.24) is 4.57 Å². The molecule has 0 aliphatic carbocycles. The number of carboxylic acid groups (broad SMARTS) is 1. The summed E-state index contributed by atoms with van der Waals surface area (Å²) in [6.07, 6.45) is 1.97. The second-order valence-electron chi connectivity index (χ2n) is 4.33. The zero-order valence-corrected chi connectivity index (χ0v) is 9.81. The van der Waals surface area contributed by atoms with Crippen LogP contribution in [0.15, 0.2) is 42.6 Å². The van der Waals surface area contributed by atoms with Crippen molar-refractivity contribution in [3.05, 3.63) is 48.2 Å². The lowest BCUT2D eigenvalue weighted by atomic mass is 10.1. The molecule has 2 rings (SSSR count). The zero-order chi connectivity index (χ0) is 12.4. The Hall–Kier alpha value is -2.03. The highest BCUT2D eigenvalue weighted by Crippen LogP contribution is 2.22. The Morgan fingerprint density at radius 2 is 2.12 bits per heavy atom. The summed E-state index contributed by atoms with van der Waals surface area (Å²) < 4.78 is 2.05. The number of fused-ring (bicyclic) bond motifs is 1. The molecule has 0 amide bonds. The summed E-state index contributed by atoms with van der Waals surface area (Å²) in [5, 5.41) is 9.90. The van der Waals surface area contributed by atoms with Crippen LogP contribution in [0.2, 0.25) is 0 Å². The van der Waals surface area contributed by atoms with Gasteiger partial charge < -0.3 is 9.67 Å². The number of para-hydroxylation sites is 1. The summed E-state index contributed by atoms with van der Waals surface area (Å²) in [5.41, 5.74) is 2.97. The molecule has 1 aromatic heterocycles. The van der Waals surface area contributed by atoms with E-state index in [4.69, 9.17) is 5.11 Å². The van der Waals surface area contributed by atoms with Gasteiger partial charge in [-0.3, -0.25) is 4.79 Å². The Morgan fingerprint density at radius 1 is 1.41 bits per heavy atom. The Labute approximate surface area is 100.0 Å². The third-order valence-electron chi connectivity index (χ3n) is 2.65. The van der Waals surface area contributed by atoms with Gasteiger partial charge in [-0.2, -0.15) is 0 Å². The van der Waals surface area contributed by atoms with Gasteiger partial charge in [-0.05, 0) is 18.6 Å². The first-order chi connectivity index (χ1) is 8.08. The molecule has 0 radical (unpaired) electrons. The number of aromatic nitrogens is 1. The molecule has 0 unspecified atom stereocenters. The van der Waals surface area contributed by atoms with Crippen LogP contribution >= 0.6 is 0 Å². The zero-order valence-electron chi connectivity index (χ0n) is 9.81. The Bertz CT molecular complexity index is 531. The first-order valence-electron chi connectivity index (χ1n) is 5.51. The van der Waals surface area contributed by atoms with Gasteiger partial charge in [0.05, 0.1) is 6.42 Å². The van der Waals surface area contributed by atoms with E-state index in [2.05, 4.69) is 11.1 Å². The van der Waals surface area contributed by atoms with E-state index in [0.29, 0.717) is 0 Å². The summed E-state index contributed by atoms with van der Waals surface area (Å²) in [6.45, 7) is 6.58. The van der Waals surface area contributed by atoms with E-state index in [1.807, 2.05) is 37.4 Å². The topological polar surface area (TPSA) is 42.2 Å². The Kier molecular flexibility index (Phi) is 3.00. The Balaban J connectivity index is 2.53. The lowest BCUT2D eigenvalue weighted by molar-refractivity contribution is -0.136. The van der Waals surface area contributed by atoms with Crippen molar-refractivity contribution >= 4 is 16.9 Å².